The van der Waals surface area contributed by atoms with Gasteiger partial charge in [-0.15, -0.1) is 5.10 Å². The second-order valence-corrected chi connectivity index (χ2v) is 14.0. The third kappa shape index (κ3) is 7.23. The molecule has 16 nitrogen and oxygen atoms in total. The van der Waals surface area contributed by atoms with E-state index >= 15 is 0 Å². The number of aromatic nitrogens is 3. The van der Waals surface area contributed by atoms with Crippen molar-refractivity contribution in [2.24, 2.45) is 0 Å². The van der Waals surface area contributed by atoms with Crippen molar-refractivity contribution in [3.63, 3.8) is 0 Å². The van der Waals surface area contributed by atoms with E-state index in [4.69, 9.17) is 14.2 Å². The number of fused-ring (bicyclic) bond motifs is 2. The number of piperidine rings is 1. The molecule has 1 unspecified atom stereocenters. The van der Waals surface area contributed by atoms with Gasteiger partial charge in [0.2, 0.25) is 11.8 Å². The predicted octanol–water partition coefficient (Wildman–Crippen LogP) is 0.735. The molecule has 1 aliphatic carbocycles. The van der Waals surface area contributed by atoms with Crippen molar-refractivity contribution < 1.29 is 51.3 Å². The van der Waals surface area contributed by atoms with Crippen LogP contribution in [0.25, 0.3) is 0 Å². The minimum atomic E-state index is -3.65. The van der Waals surface area contributed by atoms with Gasteiger partial charge in [-0.05, 0) is 30.7 Å². The molecule has 1 aromatic heterocycles. The van der Waals surface area contributed by atoms with Crippen LogP contribution in [-0.2, 0) is 48.4 Å². The first-order valence-electron chi connectivity index (χ1n) is 15.9. The van der Waals surface area contributed by atoms with Crippen molar-refractivity contribution in [3.8, 4) is 5.75 Å². The molecule has 6 rings (SSSR count). The second-order valence-electron chi connectivity index (χ2n) is 12.0. The Labute approximate surface area is 285 Å². The molecular formula is C32H35FN6O10S. The number of sulfone groups is 1. The number of aliphatic hydroxyl groups is 1. The van der Waals surface area contributed by atoms with Crippen LogP contribution in [0, 0.1) is 0 Å². The standard InChI is InChI=1S/C32H35FN6O10S/c1-50(45,46)25-7-6-24(20-15-21(33)29(41)28(20)25)49-14-13-48-12-11-47-10-9-38-17-18(36-37-38)16-34-22-4-2-3-19-27(22)32(44)39(31(19)43)23-5-8-26(40)35-30(23)42/h2-4,6-7,17,21,23,29,34,41H,5,8-16H2,1H3,(H,35,40,42)/t21-,23?,29-/m1/s1. The van der Waals surface area contributed by atoms with Crippen LogP contribution in [0.3, 0.4) is 0 Å². The van der Waals surface area contributed by atoms with E-state index in [1.807, 2.05) is 0 Å². The normalized spacial score (nSPS) is 20.2. The molecule has 18 heteroatoms. The quantitative estimate of drug-likeness (QED) is 0.147. The fourth-order valence-electron chi connectivity index (χ4n) is 6.17. The highest BCUT2D eigenvalue weighted by atomic mass is 32.2. The minimum Gasteiger partial charge on any atom is -0.491 e. The first-order valence-corrected chi connectivity index (χ1v) is 17.8. The van der Waals surface area contributed by atoms with Crippen molar-refractivity contribution >= 4 is 39.2 Å². The molecule has 3 N–H and O–H groups in total. The lowest BCUT2D eigenvalue weighted by Gasteiger charge is -2.27. The molecular weight excluding hydrogens is 679 g/mol. The fourth-order valence-corrected chi connectivity index (χ4v) is 7.13. The van der Waals surface area contributed by atoms with Gasteiger partial charge in [-0.2, -0.15) is 0 Å². The Hall–Kier alpha value is -4.78. The molecule has 3 aliphatic rings. The van der Waals surface area contributed by atoms with E-state index < -0.39 is 51.8 Å². The number of imide groups is 2. The number of carbonyl (C=O) groups excluding carboxylic acids is 4. The molecule has 0 radical (unpaired) electrons. The van der Waals surface area contributed by atoms with Crippen molar-refractivity contribution in [3.05, 3.63) is 64.5 Å². The molecule has 0 spiro atoms. The number of ether oxygens (including phenoxy) is 3. The zero-order chi connectivity index (χ0) is 35.6. The third-order valence-electron chi connectivity index (χ3n) is 8.55. The Morgan fingerprint density at radius 3 is 2.56 bits per heavy atom. The average molecular weight is 715 g/mol. The van der Waals surface area contributed by atoms with Gasteiger partial charge in [0, 0.05) is 35.9 Å². The van der Waals surface area contributed by atoms with Crippen LogP contribution in [0.1, 0.15) is 56.5 Å². The number of amides is 4. The van der Waals surface area contributed by atoms with Crippen LogP contribution < -0.4 is 15.4 Å². The van der Waals surface area contributed by atoms with Gasteiger partial charge in [0.25, 0.3) is 11.8 Å². The lowest BCUT2D eigenvalue weighted by molar-refractivity contribution is -0.136. The summed E-state index contributed by atoms with van der Waals surface area (Å²) in [6.45, 7) is 1.82. The van der Waals surface area contributed by atoms with Crippen molar-refractivity contribution in [1.29, 1.82) is 0 Å². The summed E-state index contributed by atoms with van der Waals surface area (Å²) in [5.41, 5.74) is 1.69. The Morgan fingerprint density at radius 1 is 1.04 bits per heavy atom. The molecule has 2 aromatic carbocycles. The van der Waals surface area contributed by atoms with Gasteiger partial charge in [0.05, 0.1) is 61.7 Å². The first kappa shape index (κ1) is 35.1. The lowest BCUT2D eigenvalue weighted by Crippen LogP contribution is -2.54. The molecule has 2 aliphatic heterocycles. The lowest BCUT2D eigenvalue weighted by atomic mass is 10.0. The second kappa shape index (κ2) is 14.6. The summed E-state index contributed by atoms with van der Waals surface area (Å²) in [5.74, 6) is -2.01. The van der Waals surface area contributed by atoms with Crippen LogP contribution in [0.15, 0.2) is 41.4 Å². The number of carbonyl (C=O) groups is 4. The van der Waals surface area contributed by atoms with Gasteiger partial charge in [-0.25, -0.2) is 17.5 Å². The molecule has 1 fully saturated rings. The zero-order valence-electron chi connectivity index (χ0n) is 27.0. The summed E-state index contributed by atoms with van der Waals surface area (Å²) >= 11 is 0. The van der Waals surface area contributed by atoms with Gasteiger partial charge in [0.15, 0.2) is 9.84 Å². The predicted molar refractivity (Wildman–Crippen MR) is 171 cm³/mol. The highest BCUT2D eigenvalue weighted by Crippen LogP contribution is 2.42. The number of aliphatic hydroxyl groups excluding tert-OH is 1. The van der Waals surface area contributed by atoms with E-state index in [9.17, 15) is 37.1 Å². The van der Waals surface area contributed by atoms with Gasteiger partial charge in [-0.1, -0.05) is 11.3 Å². The number of nitrogens with zero attached hydrogens (tertiary/aromatic N) is 4. The maximum Gasteiger partial charge on any atom is 0.264 e. The molecule has 3 aromatic rings. The Kier molecular flexibility index (Phi) is 10.2. The summed E-state index contributed by atoms with van der Waals surface area (Å²) < 4.78 is 56.8. The SMILES string of the molecule is CS(=O)(=O)c1ccc(OCCOCCOCCn2cc(CNc3cccc4c3C(=O)N(C3CCC(=O)NC3=O)C4=O)nn2)c2c1[C@H](O)[C@H](F)C2. The number of hydrogen-bond donors (Lipinski definition) is 3. The van der Waals surface area contributed by atoms with Crippen molar-refractivity contribution in [2.45, 2.75) is 55.6 Å². The van der Waals surface area contributed by atoms with Crippen LogP contribution in [0.5, 0.6) is 5.75 Å². The monoisotopic (exact) mass is 714 g/mol. The molecule has 3 atom stereocenters. The zero-order valence-corrected chi connectivity index (χ0v) is 27.8. The van der Waals surface area contributed by atoms with Gasteiger partial charge >= 0.3 is 0 Å². The number of nitrogens with one attached hydrogen (secondary N) is 2. The highest BCUT2D eigenvalue weighted by Gasteiger charge is 2.45. The maximum atomic E-state index is 14.2. The molecule has 4 amide bonds. The minimum absolute atomic E-state index is 0.0346. The van der Waals surface area contributed by atoms with E-state index in [0.29, 0.717) is 42.5 Å². The number of halogens is 1. The smallest absolute Gasteiger partial charge is 0.264 e. The number of benzene rings is 2. The van der Waals surface area contributed by atoms with Crippen LogP contribution in [0.4, 0.5) is 10.1 Å². The largest absolute Gasteiger partial charge is 0.491 e. The van der Waals surface area contributed by atoms with Crippen molar-refractivity contribution in [1.82, 2.24) is 25.2 Å². The number of anilines is 1. The van der Waals surface area contributed by atoms with E-state index in [1.165, 1.54) is 18.2 Å². The molecule has 50 heavy (non-hydrogen) atoms. The molecule has 3 heterocycles. The van der Waals surface area contributed by atoms with E-state index in [1.54, 1.807) is 23.0 Å². The average Bonchev–Trinajstić information content (AvgIpc) is 3.73. The number of hydrogen-bond acceptors (Lipinski definition) is 13. The summed E-state index contributed by atoms with van der Waals surface area (Å²) in [6, 6.07) is 6.53. The molecule has 0 bridgehead atoms. The van der Waals surface area contributed by atoms with Crippen LogP contribution in [0.2, 0.25) is 0 Å². The van der Waals surface area contributed by atoms with E-state index in [2.05, 4.69) is 20.9 Å². The van der Waals surface area contributed by atoms with E-state index in [0.717, 1.165) is 11.2 Å². The number of rotatable bonds is 15. The van der Waals surface area contributed by atoms with Crippen LogP contribution in [-0.4, -0.2) is 109 Å². The Bertz CT molecular complexity index is 1940. The highest BCUT2D eigenvalue weighted by molar-refractivity contribution is 7.90. The first-order chi connectivity index (χ1) is 23.9. The molecule has 1 saturated heterocycles. The topological polar surface area (TPSA) is 208 Å². The van der Waals surface area contributed by atoms with Gasteiger partial charge in [0.1, 0.15) is 36.4 Å². The Morgan fingerprint density at radius 2 is 1.80 bits per heavy atom. The number of alkyl halides is 1. The third-order valence-corrected chi connectivity index (χ3v) is 9.70. The van der Waals surface area contributed by atoms with Crippen molar-refractivity contribution in [2.75, 3.05) is 44.6 Å². The summed E-state index contributed by atoms with van der Waals surface area (Å²) in [4.78, 5) is 51.0. The summed E-state index contributed by atoms with van der Waals surface area (Å²) in [7, 11) is -3.65. The molecule has 0 saturated carbocycles. The Balaban J connectivity index is 0.904. The fraction of sp³-hybridized carbons (Fsp3) is 0.438. The van der Waals surface area contributed by atoms with Crippen LogP contribution >= 0.6 is 0 Å². The van der Waals surface area contributed by atoms with E-state index in [-0.39, 0.29) is 67.2 Å². The molecule has 266 valence electrons. The van der Waals surface area contributed by atoms with Gasteiger partial charge < -0.3 is 24.6 Å². The maximum absolute atomic E-state index is 14.2. The summed E-state index contributed by atoms with van der Waals surface area (Å²) in [5, 5.41) is 23.7. The summed E-state index contributed by atoms with van der Waals surface area (Å²) in [6.07, 6.45) is -0.455. The van der Waals surface area contributed by atoms with Gasteiger partial charge in [-0.3, -0.25) is 29.4 Å².